The quantitative estimate of drug-likeness (QED) is 0.599. The molecule has 3 N–H and O–H groups in total. The van der Waals surface area contributed by atoms with Crippen molar-refractivity contribution in [1.29, 1.82) is 0 Å². The van der Waals surface area contributed by atoms with Crippen molar-refractivity contribution in [2.75, 3.05) is 6.61 Å². The highest BCUT2D eigenvalue weighted by Gasteiger charge is 2.18. The third-order valence-electron chi connectivity index (χ3n) is 1.99. The lowest BCUT2D eigenvalue weighted by Crippen LogP contribution is -2.27. The Labute approximate surface area is 91.6 Å². The van der Waals surface area contributed by atoms with Crippen molar-refractivity contribution < 1.29 is 10.0 Å². The third-order valence-corrected chi connectivity index (χ3v) is 2.35. The SMILES string of the molecule is NC(CO)Cc1c(Cl)cccc1[N+](=O)[O-]. The van der Waals surface area contributed by atoms with Gasteiger partial charge in [0.05, 0.1) is 22.1 Å². The molecule has 15 heavy (non-hydrogen) atoms. The summed E-state index contributed by atoms with van der Waals surface area (Å²) in [6.07, 6.45) is 0.187. The molecule has 1 aromatic carbocycles. The van der Waals surface area contributed by atoms with Gasteiger partial charge in [-0.25, -0.2) is 0 Å². The molecule has 1 atom stereocenters. The van der Waals surface area contributed by atoms with Crippen LogP contribution in [0.3, 0.4) is 0 Å². The van der Waals surface area contributed by atoms with Crippen LogP contribution in [0, 0.1) is 10.1 Å². The Bertz CT molecular complexity index is 370. The van der Waals surface area contributed by atoms with E-state index < -0.39 is 11.0 Å². The van der Waals surface area contributed by atoms with Crippen molar-refractivity contribution in [2.45, 2.75) is 12.5 Å². The molecule has 0 radical (unpaired) electrons. The van der Waals surface area contributed by atoms with Gasteiger partial charge >= 0.3 is 0 Å². The molecular weight excluding hydrogens is 220 g/mol. The zero-order valence-electron chi connectivity index (χ0n) is 7.89. The summed E-state index contributed by atoms with van der Waals surface area (Å²) in [7, 11) is 0. The van der Waals surface area contributed by atoms with E-state index in [0.29, 0.717) is 10.6 Å². The molecule has 0 heterocycles. The Hall–Kier alpha value is -1.17. The van der Waals surface area contributed by atoms with Crippen molar-refractivity contribution in [3.63, 3.8) is 0 Å². The van der Waals surface area contributed by atoms with E-state index in [4.69, 9.17) is 22.4 Å². The van der Waals surface area contributed by atoms with E-state index in [1.807, 2.05) is 0 Å². The topological polar surface area (TPSA) is 89.4 Å². The number of rotatable bonds is 4. The van der Waals surface area contributed by atoms with Crippen LogP contribution < -0.4 is 5.73 Å². The number of nitro groups is 1. The lowest BCUT2D eigenvalue weighted by atomic mass is 10.1. The van der Waals surface area contributed by atoms with Gasteiger partial charge in [-0.05, 0) is 12.5 Å². The highest BCUT2D eigenvalue weighted by molar-refractivity contribution is 6.31. The lowest BCUT2D eigenvalue weighted by molar-refractivity contribution is -0.385. The summed E-state index contributed by atoms with van der Waals surface area (Å²) in [4.78, 5) is 10.2. The van der Waals surface area contributed by atoms with Crippen molar-refractivity contribution >= 4 is 17.3 Å². The van der Waals surface area contributed by atoms with Gasteiger partial charge in [-0.15, -0.1) is 0 Å². The number of benzene rings is 1. The largest absolute Gasteiger partial charge is 0.395 e. The van der Waals surface area contributed by atoms with Crippen molar-refractivity contribution in [1.82, 2.24) is 0 Å². The lowest BCUT2D eigenvalue weighted by Gasteiger charge is -2.09. The Kier molecular flexibility index (Phi) is 4.02. The first-order valence-electron chi connectivity index (χ1n) is 4.34. The van der Waals surface area contributed by atoms with Gasteiger partial charge in [0.25, 0.3) is 5.69 Å². The predicted molar refractivity (Wildman–Crippen MR) is 56.9 cm³/mol. The molecule has 0 fully saturated rings. The second kappa shape index (κ2) is 5.06. The molecule has 1 aromatic rings. The first kappa shape index (κ1) is 11.9. The molecule has 1 unspecified atom stereocenters. The number of aliphatic hydroxyl groups is 1. The molecular formula is C9H11ClN2O3. The van der Waals surface area contributed by atoms with Gasteiger partial charge < -0.3 is 10.8 Å². The number of nitrogens with two attached hydrogens (primary N) is 1. The van der Waals surface area contributed by atoms with Gasteiger partial charge in [0.15, 0.2) is 0 Å². The van der Waals surface area contributed by atoms with Crippen molar-refractivity contribution in [2.24, 2.45) is 5.73 Å². The summed E-state index contributed by atoms with van der Waals surface area (Å²) in [6.45, 7) is -0.234. The summed E-state index contributed by atoms with van der Waals surface area (Å²) in [5.74, 6) is 0. The molecule has 0 saturated heterocycles. The third kappa shape index (κ3) is 2.89. The van der Waals surface area contributed by atoms with Crippen LogP contribution in [-0.2, 0) is 6.42 Å². The zero-order valence-corrected chi connectivity index (χ0v) is 8.65. The summed E-state index contributed by atoms with van der Waals surface area (Å²) < 4.78 is 0. The van der Waals surface area contributed by atoms with E-state index in [1.165, 1.54) is 12.1 Å². The van der Waals surface area contributed by atoms with Gasteiger partial charge in [0, 0.05) is 12.1 Å². The van der Waals surface area contributed by atoms with E-state index in [0.717, 1.165) is 0 Å². The van der Waals surface area contributed by atoms with Gasteiger partial charge in [-0.1, -0.05) is 17.7 Å². The molecule has 0 spiro atoms. The van der Waals surface area contributed by atoms with Gasteiger partial charge in [-0.2, -0.15) is 0 Å². The first-order chi connectivity index (χ1) is 7.06. The Morgan fingerprint density at radius 3 is 2.80 bits per heavy atom. The fraction of sp³-hybridized carbons (Fsp3) is 0.333. The molecule has 0 bridgehead atoms. The second-order valence-corrected chi connectivity index (χ2v) is 3.55. The van der Waals surface area contributed by atoms with Crippen LogP contribution in [0.25, 0.3) is 0 Å². The van der Waals surface area contributed by atoms with Gasteiger partial charge in [-0.3, -0.25) is 10.1 Å². The fourth-order valence-corrected chi connectivity index (χ4v) is 1.49. The molecule has 0 aliphatic heterocycles. The summed E-state index contributed by atoms with van der Waals surface area (Å²) in [5.41, 5.74) is 5.81. The normalized spacial score (nSPS) is 12.5. The maximum Gasteiger partial charge on any atom is 0.274 e. The van der Waals surface area contributed by atoms with E-state index in [1.54, 1.807) is 6.07 Å². The van der Waals surface area contributed by atoms with E-state index in [2.05, 4.69) is 0 Å². The molecule has 0 saturated carbocycles. The number of halogens is 1. The maximum absolute atomic E-state index is 10.7. The van der Waals surface area contributed by atoms with Crippen LogP contribution in [0.1, 0.15) is 5.56 Å². The van der Waals surface area contributed by atoms with Crippen LogP contribution in [0.5, 0.6) is 0 Å². The highest BCUT2D eigenvalue weighted by atomic mass is 35.5. The molecule has 6 heteroatoms. The number of hydrogen-bond acceptors (Lipinski definition) is 4. The predicted octanol–water partition coefficient (Wildman–Crippen LogP) is 1.11. The van der Waals surface area contributed by atoms with Crippen LogP contribution in [0.15, 0.2) is 18.2 Å². The number of nitro benzene ring substituents is 1. The molecule has 0 aromatic heterocycles. The number of nitrogens with zero attached hydrogens (tertiary/aromatic N) is 1. The van der Waals surface area contributed by atoms with E-state index in [-0.39, 0.29) is 18.7 Å². The summed E-state index contributed by atoms with van der Waals surface area (Å²) in [5, 5.41) is 19.8. The standard InChI is InChI=1S/C9H11ClN2O3/c10-8-2-1-3-9(12(14)15)7(8)4-6(11)5-13/h1-3,6,13H,4-5,11H2. The Morgan fingerprint density at radius 2 is 2.27 bits per heavy atom. The molecule has 0 aliphatic rings. The van der Waals surface area contributed by atoms with E-state index in [9.17, 15) is 10.1 Å². The van der Waals surface area contributed by atoms with Crippen LogP contribution in [0.2, 0.25) is 5.02 Å². The molecule has 0 amide bonds. The smallest absolute Gasteiger partial charge is 0.274 e. The van der Waals surface area contributed by atoms with E-state index >= 15 is 0 Å². The summed E-state index contributed by atoms with van der Waals surface area (Å²) in [6, 6.07) is 3.90. The monoisotopic (exact) mass is 230 g/mol. The number of aliphatic hydroxyl groups excluding tert-OH is 1. The van der Waals surface area contributed by atoms with Crippen LogP contribution in [0.4, 0.5) is 5.69 Å². The van der Waals surface area contributed by atoms with Gasteiger partial charge in [0.1, 0.15) is 0 Å². The minimum Gasteiger partial charge on any atom is -0.395 e. The zero-order chi connectivity index (χ0) is 11.4. The van der Waals surface area contributed by atoms with Gasteiger partial charge in [0.2, 0.25) is 0 Å². The average Bonchev–Trinajstić information content (AvgIpc) is 2.20. The molecule has 0 aliphatic carbocycles. The molecule has 5 nitrogen and oxygen atoms in total. The average molecular weight is 231 g/mol. The molecule has 82 valence electrons. The maximum atomic E-state index is 10.7. The number of hydrogen-bond donors (Lipinski definition) is 2. The minimum absolute atomic E-state index is 0.0635. The highest BCUT2D eigenvalue weighted by Crippen LogP contribution is 2.26. The Morgan fingerprint density at radius 1 is 1.60 bits per heavy atom. The van der Waals surface area contributed by atoms with Crippen molar-refractivity contribution in [3.05, 3.63) is 38.9 Å². The van der Waals surface area contributed by atoms with Crippen LogP contribution in [-0.4, -0.2) is 22.7 Å². The second-order valence-electron chi connectivity index (χ2n) is 3.14. The fourth-order valence-electron chi connectivity index (χ4n) is 1.25. The van der Waals surface area contributed by atoms with Crippen molar-refractivity contribution in [3.8, 4) is 0 Å². The molecule has 1 rings (SSSR count). The summed E-state index contributed by atoms with van der Waals surface area (Å²) >= 11 is 5.83. The van der Waals surface area contributed by atoms with Crippen LogP contribution >= 0.6 is 11.6 Å². The first-order valence-corrected chi connectivity index (χ1v) is 4.72. The Balaban J connectivity index is 3.07. The minimum atomic E-state index is -0.538.